The second kappa shape index (κ2) is 8.43. The van der Waals surface area contributed by atoms with Crippen LogP contribution in [0.2, 0.25) is 0 Å². The number of benzene rings is 2. The van der Waals surface area contributed by atoms with Gasteiger partial charge in [-0.1, -0.05) is 30.3 Å². The summed E-state index contributed by atoms with van der Waals surface area (Å²) in [6.07, 6.45) is 0. The Balaban J connectivity index is 1.85. The Hall–Kier alpha value is -2.95. The molecule has 0 radical (unpaired) electrons. The van der Waals surface area contributed by atoms with Crippen molar-refractivity contribution in [2.45, 2.75) is 6.04 Å². The van der Waals surface area contributed by atoms with E-state index < -0.39 is 4.92 Å². The molecule has 1 unspecified atom stereocenters. The highest BCUT2D eigenvalue weighted by Crippen LogP contribution is 2.26. The first-order valence-corrected chi connectivity index (χ1v) is 8.47. The van der Waals surface area contributed by atoms with Crippen molar-refractivity contribution in [3.8, 4) is 6.07 Å². The number of hydrogen-bond donors (Lipinski definition) is 1. The van der Waals surface area contributed by atoms with E-state index in [2.05, 4.69) is 16.3 Å². The lowest BCUT2D eigenvalue weighted by atomic mass is 10.0. The van der Waals surface area contributed by atoms with Crippen molar-refractivity contribution in [3.05, 3.63) is 69.8 Å². The summed E-state index contributed by atoms with van der Waals surface area (Å²) in [7, 11) is 0. The Bertz CT molecular complexity index is 798. The molecular formula is C19H20N4O3. The number of nitrogens with one attached hydrogen (secondary N) is 1. The molecule has 0 aromatic heterocycles. The van der Waals surface area contributed by atoms with Crippen molar-refractivity contribution in [3.63, 3.8) is 0 Å². The number of hydrogen-bond acceptors (Lipinski definition) is 6. The summed E-state index contributed by atoms with van der Waals surface area (Å²) in [5.74, 6) is 0. The van der Waals surface area contributed by atoms with Crippen molar-refractivity contribution in [2.24, 2.45) is 0 Å². The van der Waals surface area contributed by atoms with Crippen LogP contribution in [-0.4, -0.2) is 42.7 Å². The fraction of sp³-hybridized carbons (Fsp3) is 0.316. The number of anilines is 1. The summed E-state index contributed by atoms with van der Waals surface area (Å²) in [6, 6.07) is 16.3. The number of morpholine rings is 1. The second-order valence-electron chi connectivity index (χ2n) is 6.12. The minimum atomic E-state index is -0.493. The fourth-order valence-electron chi connectivity index (χ4n) is 3.01. The molecule has 1 atom stereocenters. The zero-order valence-electron chi connectivity index (χ0n) is 14.3. The highest BCUT2D eigenvalue weighted by Gasteiger charge is 2.20. The van der Waals surface area contributed by atoms with Crippen molar-refractivity contribution in [2.75, 3.05) is 38.2 Å². The number of nitriles is 1. The Labute approximate surface area is 152 Å². The molecule has 7 nitrogen and oxygen atoms in total. The minimum absolute atomic E-state index is 0.0390. The first-order chi connectivity index (χ1) is 12.7. The van der Waals surface area contributed by atoms with Crippen LogP contribution in [0.15, 0.2) is 48.5 Å². The van der Waals surface area contributed by atoms with E-state index in [1.165, 1.54) is 12.1 Å². The van der Waals surface area contributed by atoms with Crippen LogP contribution in [0.25, 0.3) is 0 Å². The van der Waals surface area contributed by atoms with Gasteiger partial charge in [0.1, 0.15) is 6.07 Å². The molecule has 2 aromatic carbocycles. The summed E-state index contributed by atoms with van der Waals surface area (Å²) in [5, 5.41) is 23.7. The van der Waals surface area contributed by atoms with E-state index in [0.717, 1.165) is 25.2 Å². The number of nitrogens with zero attached hydrogens (tertiary/aromatic N) is 3. The molecule has 0 bridgehead atoms. The lowest BCUT2D eigenvalue weighted by molar-refractivity contribution is -0.384. The van der Waals surface area contributed by atoms with Crippen LogP contribution in [0.3, 0.4) is 0 Å². The SMILES string of the molecule is N#Cc1cc([N+](=O)[O-])ccc1NC(CN1CCOCC1)c1ccccc1. The molecular weight excluding hydrogens is 332 g/mol. The van der Waals surface area contributed by atoms with Gasteiger partial charge in [-0.3, -0.25) is 15.0 Å². The lowest BCUT2D eigenvalue weighted by Gasteiger charge is -2.31. The Kier molecular flexibility index (Phi) is 5.79. The molecule has 1 heterocycles. The fourth-order valence-corrected chi connectivity index (χ4v) is 3.01. The van der Waals surface area contributed by atoms with Crippen molar-refractivity contribution >= 4 is 11.4 Å². The predicted molar refractivity (Wildman–Crippen MR) is 97.9 cm³/mol. The predicted octanol–water partition coefficient (Wildman–Crippen LogP) is 2.95. The zero-order valence-corrected chi connectivity index (χ0v) is 14.3. The van der Waals surface area contributed by atoms with Gasteiger partial charge in [0.2, 0.25) is 0 Å². The standard InChI is InChI=1S/C19H20N4O3/c20-13-16-12-17(23(24)25)6-7-18(16)21-19(15-4-2-1-3-5-15)14-22-8-10-26-11-9-22/h1-7,12,19,21H,8-11,14H2. The molecule has 26 heavy (non-hydrogen) atoms. The molecule has 1 aliphatic heterocycles. The van der Waals surface area contributed by atoms with Crippen LogP contribution in [0.5, 0.6) is 0 Å². The molecule has 0 saturated carbocycles. The number of nitro groups is 1. The van der Waals surface area contributed by atoms with E-state index in [1.807, 2.05) is 30.3 Å². The van der Waals surface area contributed by atoms with E-state index in [1.54, 1.807) is 6.07 Å². The molecule has 1 saturated heterocycles. The average Bonchev–Trinajstić information content (AvgIpc) is 2.69. The van der Waals surface area contributed by atoms with E-state index in [4.69, 9.17) is 4.74 Å². The summed E-state index contributed by atoms with van der Waals surface area (Å²) >= 11 is 0. The van der Waals surface area contributed by atoms with Crippen LogP contribution < -0.4 is 5.32 Å². The molecule has 7 heteroatoms. The van der Waals surface area contributed by atoms with Gasteiger partial charge in [0, 0.05) is 31.8 Å². The van der Waals surface area contributed by atoms with Gasteiger partial charge < -0.3 is 10.1 Å². The van der Waals surface area contributed by atoms with Gasteiger partial charge in [-0.2, -0.15) is 5.26 Å². The highest BCUT2D eigenvalue weighted by molar-refractivity contribution is 5.62. The normalized spacial score (nSPS) is 15.8. The van der Waals surface area contributed by atoms with Gasteiger partial charge in [0.15, 0.2) is 0 Å². The van der Waals surface area contributed by atoms with E-state index in [0.29, 0.717) is 18.9 Å². The topological polar surface area (TPSA) is 91.4 Å². The lowest BCUT2D eigenvalue weighted by Crippen LogP contribution is -2.40. The van der Waals surface area contributed by atoms with Crippen molar-refractivity contribution in [1.82, 2.24) is 4.90 Å². The third-order valence-electron chi connectivity index (χ3n) is 4.41. The van der Waals surface area contributed by atoms with Crippen LogP contribution in [-0.2, 0) is 4.74 Å². The maximum atomic E-state index is 10.9. The summed E-state index contributed by atoms with van der Waals surface area (Å²) in [5.41, 5.74) is 1.88. The molecule has 1 N–H and O–H groups in total. The first kappa shape index (κ1) is 17.9. The molecule has 2 aromatic rings. The van der Waals surface area contributed by atoms with E-state index in [9.17, 15) is 15.4 Å². The molecule has 1 aliphatic rings. The van der Waals surface area contributed by atoms with Crippen LogP contribution in [0.1, 0.15) is 17.2 Å². The minimum Gasteiger partial charge on any atom is -0.379 e. The number of non-ortho nitro benzene ring substituents is 1. The summed E-state index contributed by atoms with van der Waals surface area (Å²) in [6.45, 7) is 3.90. The monoisotopic (exact) mass is 352 g/mol. The summed E-state index contributed by atoms with van der Waals surface area (Å²) < 4.78 is 5.41. The van der Waals surface area contributed by atoms with Gasteiger partial charge in [-0.15, -0.1) is 0 Å². The van der Waals surface area contributed by atoms with Gasteiger partial charge in [-0.25, -0.2) is 0 Å². The van der Waals surface area contributed by atoms with Crippen LogP contribution in [0, 0.1) is 21.4 Å². The largest absolute Gasteiger partial charge is 0.379 e. The third kappa shape index (κ3) is 4.36. The van der Waals surface area contributed by atoms with E-state index >= 15 is 0 Å². The first-order valence-electron chi connectivity index (χ1n) is 8.47. The molecule has 0 spiro atoms. The van der Waals surface area contributed by atoms with Crippen LogP contribution >= 0.6 is 0 Å². The third-order valence-corrected chi connectivity index (χ3v) is 4.41. The number of nitro benzene ring substituents is 1. The Morgan fingerprint density at radius 1 is 1.23 bits per heavy atom. The van der Waals surface area contributed by atoms with Gasteiger partial charge in [-0.05, 0) is 11.6 Å². The number of rotatable bonds is 6. The molecule has 134 valence electrons. The maximum Gasteiger partial charge on any atom is 0.270 e. The van der Waals surface area contributed by atoms with Gasteiger partial charge in [0.25, 0.3) is 5.69 Å². The zero-order chi connectivity index (χ0) is 18.4. The van der Waals surface area contributed by atoms with E-state index in [-0.39, 0.29) is 17.3 Å². The van der Waals surface area contributed by atoms with Gasteiger partial charge >= 0.3 is 0 Å². The average molecular weight is 352 g/mol. The van der Waals surface area contributed by atoms with Crippen LogP contribution in [0.4, 0.5) is 11.4 Å². The Morgan fingerprint density at radius 2 is 1.96 bits per heavy atom. The van der Waals surface area contributed by atoms with Crippen molar-refractivity contribution in [1.29, 1.82) is 5.26 Å². The molecule has 1 fully saturated rings. The summed E-state index contributed by atoms with van der Waals surface area (Å²) in [4.78, 5) is 12.8. The molecule has 0 amide bonds. The van der Waals surface area contributed by atoms with Gasteiger partial charge in [0.05, 0.1) is 35.4 Å². The Morgan fingerprint density at radius 3 is 2.62 bits per heavy atom. The molecule has 0 aliphatic carbocycles. The molecule has 3 rings (SSSR count). The smallest absolute Gasteiger partial charge is 0.270 e. The second-order valence-corrected chi connectivity index (χ2v) is 6.12. The highest BCUT2D eigenvalue weighted by atomic mass is 16.6. The maximum absolute atomic E-state index is 10.9. The van der Waals surface area contributed by atoms with Crippen molar-refractivity contribution < 1.29 is 9.66 Å². The number of ether oxygens (including phenoxy) is 1. The quantitative estimate of drug-likeness (QED) is 0.635.